The smallest absolute Gasteiger partial charge is 0.303 e. The monoisotopic (exact) mass is 336 g/mol. The molecule has 0 radical (unpaired) electrons. The van der Waals surface area contributed by atoms with Crippen LogP contribution >= 0.6 is 0 Å². The third-order valence-electron chi connectivity index (χ3n) is 5.33. The van der Waals surface area contributed by atoms with Crippen LogP contribution in [-0.4, -0.2) is 29.1 Å². The molecule has 0 N–H and O–H groups in total. The SMILES string of the molecule is O=c1c(=O)n(C23CC(C2)C3)ccn1Cc1cn(-c2ccccn2)nn1. The molecule has 126 valence electrons. The van der Waals surface area contributed by atoms with E-state index in [2.05, 4.69) is 15.3 Å². The maximum Gasteiger partial charge on any atom is 0.316 e. The van der Waals surface area contributed by atoms with Gasteiger partial charge in [-0.2, -0.15) is 0 Å². The van der Waals surface area contributed by atoms with Crippen molar-refractivity contribution in [3.8, 4) is 5.82 Å². The summed E-state index contributed by atoms with van der Waals surface area (Å²) in [5.74, 6) is 1.39. The first-order valence-electron chi connectivity index (χ1n) is 8.30. The first-order chi connectivity index (χ1) is 12.1. The summed E-state index contributed by atoms with van der Waals surface area (Å²) in [5, 5.41) is 8.10. The normalized spacial score (nSPS) is 23.8. The number of rotatable bonds is 4. The van der Waals surface area contributed by atoms with Crippen molar-refractivity contribution in [3.63, 3.8) is 0 Å². The highest BCUT2D eigenvalue weighted by Crippen LogP contribution is 2.61. The molecule has 3 aromatic rings. The van der Waals surface area contributed by atoms with E-state index >= 15 is 0 Å². The van der Waals surface area contributed by atoms with Crippen molar-refractivity contribution in [2.24, 2.45) is 5.92 Å². The molecule has 25 heavy (non-hydrogen) atoms. The first kappa shape index (κ1) is 14.3. The molecule has 3 fully saturated rings. The van der Waals surface area contributed by atoms with Crippen LogP contribution in [-0.2, 0) is 12.1 Å². The molecule has 0 atom stereocenters. The van der Waals surface area contributed by atoms with Crippen LogP contribution in [0.1, 0.15) is 25.0 Å². The van der Waals surface area contributed by atoms with E-state index in [1.165, 1.54) is 4.57 Å². The highest BCUT2D eigenvalue weighted by Gasteiger charge is 2.58. The quantitative estimate of drug-likeness (QED) is 0.649. The lowest BCUT2D eigenvalue weighted by molar-refractivity contribution is -0.0919. The van der Waals surface area contributed by atoms with E-state index in [9.17, 15) is 9.59 Å². The Hall–Kier alpha value is -3.03. The standard InChI is InChI=1S/C17H16N6O2/c24-15-16(25)22(17-7-12(8-17)9-17)6-5-21(15)10-13-11-23(20-19-13)14-3-1-2-4-18-14/h1-6,11-12H,7-10H2. The van der Waals surface area contributed by atoms with Gasteiger partial charge in [0.1, 0.15) is 5.69 Å². The Morgan fingerprint density at radius 1 is 1.12 bits per heavy atom. The van der Waals surface area contributed by atoms with E-state index in [0.717, 1.165) is 25.2 Å². The van der Waals surface area contributed by atoms with E-state index in [0.29, 0.717) is 11.5 Å². The maximum atomic E-state index is 12.4. The van der Waals surface area contributed by atoms with Gasteiger partial charge in [0.15, 0.2) is 5.82 Å². The van der Waals surface area contributed by atoms with Crippen LogP contribution in [0.3, 0.4) is 0 Å². The third-order valence-corrected chi connectivity index (χ3v) is 5.33. The number of pyridine rings is 1. The third kappa shape index (κ3) is 2.10. The Labute approximate surface area is 142 Å². The second kappa shape index (κ2) is 4.98. The Kier molecular flexibility index (Phi) is 2.85. The Morgan fingerprint density at radius 3 is 2.64 bits per heavy atom. The van der Waals surface area contributed by atoms with Gasteiger partial charge in [0.25, 0.3) is 0 Å². The average Bonchev–Trinajstić information content (AvgIpc) is 3.01. The summed E-state index contributed by atoms with van der Waals surface area (Å²) in [5.41, 5.74) is -0.449. The van der Waals surface area contributed by atoms with Crippen molar-refractivity contribution < 1.29 is 0 Å². The molecule has 3 aromatic heterocycles. The molecule has 6 rings (SSSR count). The predicted octanol–water partition coefficient (Wildman–Crippen LogP) is 0.543. The minimum absolute atomic E-state index is 0.0812. The first-order valence-corrected chi connectivity index (χ1v) is 8.30. The largest absolute Gasteiger partial charge is 0.316 e. The molecule has 3 aliphatic carbocycles. The van der Waals surface area contributed by atoms with Gasteiger partial charge in [0.2, 0.25) is 0 Å². The second-order valence-corrected chi connectivity index (χ2v) is 6.95. The molecule has 0 unspecified atom stereocenters. The van der Waals surface area contributed by atoms with Crippen molar-refractivity contribution in [1.29, 1.82) is 0 Å². The van der Waals surface area contributed by atoms with E-state index < -0.39 is 11.1 Å². The van der Waals surface area contributed by atoms with Crippen molar-refractivity contribution >= 4 is 0 Å². The summed E-state index contributed by atoms with van der Waals surface area (Å²) >= 11 is 0. The summed E-state index contributed by atoms with van der Waals surface area (Å²) < 4.78 is 4.57. The Bertz CT molecular complexity index is 1050. The second-order valence-electron chi connectivity index (χ2n) is 6.95. The number of hydrogen-bond donors (Lipinski definition) is 0. The molecule has 0 aromatic carbocycles. The zero-order valence-electron chi connectivity index (χ0n) is 13.4. The highest BCUT2D eigenvalue weighted by atomic mass is 16.2. The molecule has 0 aliphatic heterocycles. The summed E-state index contributed by atoms with van der Waals surface area (Å²) in [6.45, 7) is 0.206. The lowest BCUT2D eigenvalue weighted by Gasteiger charge is -2.62. The van der Waals surface area contributed by atoms with Crippen molar-refractivity contribution in [2.45, 2.75) is 31.3 Å². The fourth-order valence-electron chi connectivity index (χ4n) is 3.88. The van der Waals surface area contributed by atoms with E-state index in [-0.39, 0.29) is 12.1 Å². The zero-order valence-corrected chi connectivity index (χ0v) is 13.4. The minimum atomic E-state index is -0.514. The van der Waals surface area contributed by atoms with Gasteiger partial charge in [-0.05, 0) is 37.3 Å². The minimum Gasteiger partial charge on any atom is -0.303 e. The van der Waals surface area contributed by atoms with Gasteiger partial charge < -0.3 is 9.13 Å². The van der Waals surface area contributed by atoms with Gasteiger partial charge in [-0.15, -0.1) is 5.10 Å². The van der Waals surface area contributed by atoms with Crippen LogP contribution in [0, 0.1) is 5.92 Å². The van der Waals surface area contributed by atoms with Gasteiger partial charge >= 0.3 is 11.1 Å². The molecule has 3 heterocycles. The highest BCUT2D eigenvalue weighted by molar-refractivity contribution is 5.20. The van der Waals surface area contributed by atoms with E-state index in [4.69, 9.17) is 0 Å². The molecule has 3 saturated carbocycles. The van der Waals surface area contributed by atoms with Crippen molar-refractivity contribution in [3.05, 3.63) is 69.4 Å². The topological polar surface area (TPSA) is 87.6 Å². The Morgan fingerprint density at radius 2 is 1.96 bits per heavy atom. The summed E-state index contributed by atoms with van der Waals surface area (Å²) in [7, 11) is 0. The van der Waals surface area contributed by atoms with Gasteiger partial charge in [-0.1, -0.05) is 11.3 Å². The fourth-order valence-corrected chi connectivity index (χ4v) is 3.88. The molecular weight excluding hydrogens is 320 g/mol. The number of nitrogens with zero attached hydrogens (tertiary/aromatic N) is 6. The number of hydrogen-bond acceptors (Lipinski definition) is 5. The van der Waals surface area contributed by atoms with Crippen LogP contribution < -0.4 is 11.1 Å². The maximum absolute atomic E-state index is 12.4. The van der Waals surface area contributed by atoms with Crippen molar-refractivity contribution in [2.75, 3.05) is 0 Å². The summed E-state index contributed by atoms with van der Waals surface area (Å²) in [4.78, 5) is 29.1. The molecule has 8 heteroatoms. The summed E-state index contributed by atoms with van der Waals surface area (Å²) in [6, 6.07) is 5.50. The van der Waals surface area contributed by atoms with E-state index in [1.807, 2.05) is 18.2 Å². The van der Waals surface area contributed by atoms with Crippen LogP contribution in [0.2, 0.25) is 0 Å². The molecule has 0 amide bonds. The Balaban J connectivity index is 1.43. The van der Waals surface area contributed by atoms with Gasteiger partial charge in [0, 0.05) is 24.1 Å². The molecule has 3 aliphatic rings. The molecule has 2 bridgehead atoms. The van der Waals surface area contributed by atoms with Crippen LogP contribution in [0.5, 0.6) is 0 Å². The molecule has 0 saturated heterocycles. The zero-order chi connectivity index (χ0) is 17.0. The number of aromatic nitrogens is 6. The van der Waals surface area contributed by atoms with Crippen LogP contribution in [0.25, 0.3) is 5.82 Å². The lowest BCUT2D eigenvalue weighted by atomic mass is 9.49. The van der Waals surface area contributed by atoms with E-state index in [1.54, 1.807) is 34.0 Å². The summed E-state index contributed by atoms with van der Waals surface area (Å²) in [6.07, 6.45) is 9.86. The average molecular weight is 336 g/mol. The van der Waals surface area contributed by atoms with Gasteiger partial charge in [-0.3, -0.25) is 9.59 Å². The predicted molar refractivity (Wildman–Crippen MR) is 88.5 cm³/mol. The van der Waals surface area contributed by atoms with Gasteiger partial charge in [-0.25, -0.2) is 9.67 Å². The molecular formula is C17H16N6O2. The van der Waals surface area contributed by atoms with Crippen LogP contribution in [0.4, 0.5) is 0 Å². The lowest BCUT2D eigenvalue weighted by Crippen LogP contribution is -2.64. The molecule has 0 spiro atoms. The van der Waals surface area contributed by atoms with Crippen LogP contribution in [0.15, 0.2) is 52.6 Å². The fraction of sp³-hybridized carbons (Fsp3) is 0.353. The van der Waals surface area contributed by atoms with Crippen molar-refractivity contribution in [1.82, 2.24) is 29.1 Å². The van der Waals surface area contributed by atoms with Gasteiger partial charge in [0.05, 0.1) is 12.7 Å². The molecule has 8 nitrogen and oxygen atoms in total.